The molecule has 2 aromatic heterocycles. The number of esters is 1. The van der Waals surface area contributed by atoms with Crippen molar-refractivity contribution >= 4 is 40.0 Å². The Labute approximate surface area is 215 Å². The van der Waals surface area contributed by atoms with Crippen LogP contribution in [-0.4, -0.2) is 39.5 Å². The Bertz CT molecular complexity index is 1390. The number of hydrogen-bond acceptors (Lipinski definition) is 8. The van der Waals surface area contributed by atoms with E-state index in [9.17, 15) is 14.0 Å². The van der Waals surface area contributed by atoms with Gasteiger partial charge in [-0.3, -0.25) is 9.36 Å². The third-order valence-electron chi connectivity index (χ3n) is 5.27. The molecule has 36 heavy (non-hydrogen) atoms. The second-order valence-electron chi connectivity index (χ2n) is 7.60. The normalized spacial score (nSPS) is 10.8. The topological polar surface area (TPSA) is 95.3 Å². The lowest BCUT2D eigenvalue weighted by atomic mass is 10.1. The Morgan fingerprint density at radius 1 is 1.08 bits per heavy atom. The molecule has 11 heteroatoms. The fourth-order valence-electron chi connectivity index (χ4n) is 3.38. The van der Waals surface area contributed by atoms with E-state index in [1.165, 1.54) is 42.3 Å². The van der Waals surface area contributed by atoms with E-state index < -0.39 is 11.8 Å². The first-order chi connectivity index (χ1) is 17.4. The van der Waals surface area contributed by atoms with Crippen molar-refractivity contribution in [2.24, 2.45) is 0 Å². The van der Waals surface area contributed by atoms with Gasteiger partial charge >= 0.3 is 5.97 Å². The molecule has 0 aliphatic rings. The minimum atomic E-state index is -0.497. The van der Waals surface area contributed by atoms with Gasteiger partial charge in [-0.1, -0.05) is 42.1 Å². The molecule has 1 amide bonds. The maximum atomic E-state index is 14.0. The van der Waals surface area contributed by atoms with E-state index in [4.69, 9.17) is 9.47 Å². The van der Waals surface area contributed by atoms with Gasteiger partial charge in [-0.05, 0) is 43.7 Å². The molecule has 186 valence electrons. The van der Waals surface area contributed by atoms with Crippen LogP contribution < -0.4 is 10.1 Å². The molecule has 2 heterocycles. The number of methoxy groups -OCH3 is 1. The van der Waals surface area contributed by atoms with Crippen LogP contribution in [-0.2, 0) is 16.1 Å². The van der Waals surface area contributed by atoms with E-state index >= 15 is 0 Å². The molecule has 0 aliphatic heterocycles. The van der Waals surface area contributed by atoms with Crippen molar-refractivity contribution in [1.29, 1.82) is 0 Å². The minimum absolute atomic E-state index is 0.0220. The molecule has 2 aromatic carbocycles. The van der Waals surface area contributed by atoms with Gasteiger partial charge in [0.1, 0.15) is 11.6 Å². The highest BCUT2D eigenvalue weighted by molar-refractivity contribution is 7.99. The van der Waals surface area contributed by atoms with Crippen molar-refractivity contribution in [3.05, 3.63) is 82.2 Å². The van der Waals surface area contributed by atoms with Gasteiger partial charge < -0.3 is 14.8 Å². The number of carbonyl (C=O) groups is 2. The first-order valence-electron chi connectivity index (χ1n) is 10.9. The van der Waals surface area contributed by atoms with E-state index in [0.29, 0.717) is 21.5 Å². The van der Waals surface area contributed by atoms with Crippen molar-refractivity contribution in [3.63, 3.8) is 0 Å². The zero-order valence-electron chi connectivity index (χ0n) is 19.8. The van der Waals surface area contributed by atoms with Crippen LogP contribution in [0.15, 0.2) is 59.8 Å². The van der Waals surface area contributed by atoms with E-state index in [1.54, 1.807) is 16.7 Å². The quantitative estimate of drug-likeness (QED) is 0.237. The summed E-state index contributed by atoms with van der Waals surface area (Å²) in [6, 6.07) is 15.5. The number of carbonyl (C=O) groups excluding carboxylic acids is 2. The van der Waals surface area contributed by atoms with Crippen LogP contribution in [0.3, 0.4) is 0 Å². The number of benzene rings is 2. The van der Waals surface area contributed by atoms with Crippen LogP contribution in [0, 0.1) is 19.7 Å². The third-order valence-corrected chi connectivity index (χ3v) is 7.32. The summed E-state index contributed by atoms with van der Waals surface area (Å²) >= 11 is 2.50. The zero-order valence-corrected chi connectivity index (χ0v) is 21.4. The predicted octanol–water partition coefficient (Wildman–Crippen LogP) is 5.18. The van der Waals surface area contributed by atoms with E-state index in [2.05, 4.69) is 15.5 Å². The molecular weight excluding hydrogens is 503 g/mol. The van der Waals surface area contributed by atoms with Crippen molar-refractivity contribution in [2.45, 2.75) is 25.6 Å². The standard InChI is InChI=1S/C25H23FN4O4S2/c1-15-16(2)36-23(22(15)24(32)33-3)27-21(31)14-35-25-29-28-20(30(25)17-9-5-4-6-10-17)13-34-19-12-8-7-11-18(19)26/h4-12H,13-14H2,1-3H3,(H,27,31). The van der Waals surface area contributed by atoms with Crippen LogP contribution in [0.25, 0.3) is 5.69 Å². The van der Waals surface area contributed by atoms with Gasteiger partial charge in [-0.2, -0.15) is 0 Å². The molecule has 4 rings (SSSR count). The number of ether oxygens (including phenoxy) is 2. The molecule has 0 radical (unpaired) electrons. The lowest BCUT2D eigenvalue weighted by Gasteiger charge is -2.11. The van der Waals surface area contributed by atoms with E-state index in [0.717, 1.165) is 16.1 Å². The molecule has 0 bridgehead atoms. The molecule has 0 atom stereocenters. The van der Waals surface area contributed by atoms with Crippen LogP contribution in [0.4, 0.5) is 9.39 Å². The number of aromatic nitrogens is 3. The third kappa shape index (κ3) is 5.58. The summed E-state index contributed by atoms with van der Waals surface area (Å²) in [5.41, 5.74) is 1.91. The molecule has 0 saturated carbocycles. The molecule has 0 unspecified atom stereocenters. The number of halogens is 1. The van der Waals surface area contributed by atoms with Crippen LogP contribution in [0.1, 0.15) is 26.6 Å². The summed E-state index contributed by atoms with van der Waals surface area (Å²) in [5.74, 6) is -0.696. The number of nitrogens with zero attached hydrogens (tertiary/aromatic N) is 3. The lowest BCUT2D eigenvalue weighted by Crippen LogP contribution is -2.16. The second kappa shape index (κ2) is 11.4. The van der Waals surface area contributed by atoms with E-state index in [1.807, 2.05) is 44.2 Å². The smallest absolute Gasteiger partial charge is 0.341 e. The number of anilines is 1. The summed E-state index contributed by atoms with van der Waals surface area (Å²) in [7, 11) is 1.31. The SMILES string of the molecule is COC(=O)c1c(NC(=O)CSc2nnc(COc3ccccc3F)n2-c2ccccc2)sc(C)c1C. The van der Waals surface area contributed by atoms with Crippen molar-refractivity contribution < 1.29 is 23.5 Å². The highest BCUT2D eigenvalue weighted by atomic mass is 32.2. The van der Waals surface area contributed by atoms with Crippen LogP contribution in [0.2, 0.25) is 0 Å². The number of para-hydroxylation sites is 2. The summed E-state index contributed by atoms with van der Waals surface area (Å²) in [5, 5.41) is 12.2. The number of rotatable bonds is 9. The Balaban J connectivity index is 1.51. The second-order valence-corrected chi connectivity index (χ2v) is 9.77. The van der Waals surface area contributed by atoms with Gasteiger partial charge in [0.15, 0.2) is 22.5 Å². The Morgan fingerprint density at radius 3 is 2.53 bits per heavy atom. The molecular formula is C25H23FN4O4S2. The Morgan fingerprint density at radius 2 is 1.81 bits per heavy atom. The van der Waals surface area contributed by atoms with Gasteiger partial charge in [-0.25, -0.2) is 9.18 Å². The van der Waals surface area contributed by atoms with Crippen molar-refractivity contribution in [2.75, 3.05) is 18.2 Å². The highest BCUT2D eigenvalue weighted by Gasteiger charge is 2.22. The minimum Gasteiger partial charge on any atom is -0.483 e. The molecule has 0 spiro atoms. The van der Waals surface area contributed by atoms with Crippen molar-refractivity contribution in [3.8, 4) is 11.4 Å². The van der Waals surface area contributed by atoms with Crippen LogP contribution in [0.5, 0.6) is 5.75 Å². The number of hydrogen-bond donors (Lipinski definition) is 1. The summed E-state index contributed by atoms with van der Waals surface area (Å²) in [4.78, 5) is 25.9. The predicted molar refractivity (Wildman–Crippen MR) is 137 cm³/mol. The first kappa shape index (κ1) is 25.4. The number of amides is 1. The van der Waals surface area contributed by atoms with Gasteiger partial charge in [-0.15, -0.1) is 21.5 Å². The van der Waals surface area contributed by atoms with Crippen molar-refractivity contribution in [1.82, 2.24) is 14.8 Å². The molecule has 1 N–H and O–H groups in total. The molecule has 0 fully saturated rings. The maximum Gasteiger partial charge on any atom is 0.341 e. The number of thioether (sulfide) groups is 1. The monoisotopic (exact) mass is 526 g/mol. The first-order valence-corrected chi connectivity index (χ1v) is 12.7. The zero-order chi connectivity index (χ0) is 25.7. The summed E-state index contributed by atoms with van der Waals surface area (Å²) in [6.45, 7) is 3.67. The van der Waals surface area contributed by atoms with E-state index in [-0.39, 0.29) is 24.0 Å². The largest absolute Gasteiger partial charge is 0.483 e. The molecule has 0 aliphatic carbocycles. The Hall–Kier alpha value is -3.70. The summed E-state index contributed by atoms with van der Waals surface area (Å²) < 4.78 is 26.3. The summed E-state index contributed by atoms with van der Waals surface area (Å²) in [6.07, 6.45) is 0. The molecule has 4 aromatic rings. The van der Waals surface area contributed by atoms with Gasteiger partial charge in [0.25, 0.3) is 0 Å². The number of aryl methyl sites for hydroxylation is 1. The molecule has 0 saturated heterocycles. The van der Waals surface area contributed by atoms with Gasteiger partial charge in [0.05, 0.1) is 18.4 Å². The average molecular weight is 527 g/mol. The average Bonchev–Trinajstić information content (AvgIpc) is 3.42. The van der Waals surface area contributed by atoms with Gasteiger partial charge in [0, 0.05) is 10.6 Å². The Kier molecular flexibility index (Phi) is 8.01. The highest BCUT2D eigenvalue weighted by Crippen LogP contribution is 2.33. The van der Waals surface area contributed by atoms with Crippen LogP contribution >= 0.6 is 23.1 Å². The molecule has 8 nitrogen and oxygen atoms in total. The maximum absolute atomic E-state index is 14.0. The fraction of sp³-hybridized carbons (Fsp3) is 0.200. The number of nitrogens with one attached hydrogen (secondary N) is 1. The number of thiophene rings is 1. The lowest BCUT2D eigenvalue weighted by molar-refractivity contribution is -0.113. The fourth-order valence-corrected chi connectivity index (χ4v) is 5.22. The van der Waals surface area contributed by atoms with Gasteiger partial charge in [0.2, 0.25) is 5.91 Å².